The van der Waals surface area contributed by atoms with E-state index in [0.29, 0.717) is 42.4 Å². The maximum Gasteiger partial charge on any atom is 0.255 e. The summed E-state index contributed by atoms with van der Waals surface area (Å²) >= 11 is 1.22. The summed E-state index contributed by atoms with van der Waals surface area (Å²) in [5.74, 6) is -0.0350. The van der Waals surface area contributed by atoms with Gasteiger partial charge in [0.25, 0.3) is 15.9 Å². The molecule has 0 saturated carbocycles. The highest BCUT2D eigenvalue weighted by Crippen LogP contribution is 2.22. The van der Waals surface area contributed by atoms with E-state index in [1.165, 1.54) is 15.6 Å². The number of aryl methyl sites for hydroxylation is 2. The van der Waals surface area contributed by atoms with Crippen molar-refractivity contribution < 1.29 is 13.2 Å². The molecular formula is C16H21N3O3S2. The molecule has 0 spiro atoms. The van der Waals surface area contributed by atoms with E-state index in [1.54, 1.807) is 22.4 Å². The minimum absolute atomic E-state index is 0.0350. The number of sulfonamides is 1. The number of hydrogen-bond donors (Lipinski definition) is 1. The van der Waals surface area contributed by atoms with Crippen molar-refractivity contribution in [3.8, 4) is 0 Å². The Morgan fingerprint density at radius 3 is 2.62 bits per heavy atom. The molecule has 0 atom stereocenters. The lowest BCUT2D eigenvalue weighted by molar-refractivity contribution is 0.0763. The van der Waals surface area contributed by atoms with Gasteiger partial charge in [-0.15, -0.1) is 11.3 Å². The molecule has 130 valence electrons. The Labute approximate surface area is 146 Å². The summed E-state index contributed by atoms with van der Waals surface area (Å²) in [6.07, 6.45) is 0.638. The maximum absolute atomic E-state index is 12.7. The number of rotatable bonds is 3. The van der Waals surface area contributed by atoms with Crippen LogP contribution in [0.25, 0.3) is 0 Å². The number of carbonyl (C=O) groups is 1. The molecule has 8 heteroatoms. The first kappa shape index (κ1) is 17.2. The molecular weight excluding hydrogens is 346 g/mol. The van der Waals surface area contributed by atoms with Gasteiger partial charge in [0.15, 0.2) is 0 Å². The first-order chi connectivity index (χ1) is 11.4. The summed E-state index contributed by atoms with van der Waals surface area (Å²) in [5.41, 5.74) is 2.47. The number of nitrogens with zero attached hydrogens (tertiary/aromatic N) is 2. The fraction of sp³-hybridized carbons (Fsp3) is 0.438. The Morgan fingerprint density at radius 1 is 1.21 bits per heavy atom. The molecule has 2 aromatic heterocycles. The number of aromatic nitrogens is 1. The summed E-state index contributed by atoms with van der Waals surface area (Å²) in [7, 11) is -3.45. The molecule has 1 aliphatic heterocycles. The van der Waals surface area contributed by atoms with Crippen molar-refractivity contribution in [1.29, 1.82) is 0 Å². The van der Waals surface area contributed by atoms with Crippen molar-refractivity contribution in [3.63, 3.8) is 0 Å². The van der Waals surface area contributed by atoms with Gasteiger partial charge in [0.2, 0.25) is 0 Å². The zero-order chi connectivity index (χ0) is 17.3. The smallest absolute Gasteiger partial charge is 0.255 e. The second-order valence-corrected chi connectivity index (χ2v) is 9.09. The quantitative estimate of drug-likeness (QED) is 0.904. The van der Waals surface area contributed by atoms with Crippen LogP contribution in [0.2, 0.25) is 0 Å². The number of nitrogens with one attached hydrogen (secondary N) is 1. The van der Waals surface area contributed by atoms with E-state index in [9.17, 15) is 13.2 Å². The molecule has 0 bridgehead atoms. The lowest BCUT2D eigenvalue weighted by atomic mass is 10.2. The molecule has 0 radical (unpaired) electrons. The number of carbonyl (C=O) groups excluding carboxylic acids is 1. The molecule has 24 heavy (non-hydrogen) atoms. The van der Waals surface area contributed by atoms with E-state index in [4.69, 9.17) is 0 Å². The number of H-pyrrole nitrogens is 1. The molecule has 0 unspecified atom stereocenters. The number of thiophene rings is 1. The van der Waals surface area contributed by atoms with E-state index in [0.717, 1.165) is 11.4 Å². The average molecular weight is 367 g/mol. The van der Waals surface area contributed by atoms with Gasteiger partial charge in [-0.2, -0.15) is 4.31 Å². The van der Waals surface area contributed by atoms with Crippen LogP contribution in [-0.4, -0.2) is 54.7 Å². The predicted molar refractivity (Wildman–Crippen MR) is 93.9 cm³/mol. The summed E-state index contributed by atoms with van der Waals surface area (Å²) in [5, 5.41) is 1.76. The van der Waals surface area contributed by atoms with Crippen molar-refractivity contribution in [2.75, 3.05) is 26.2 Å². The Kier molecular flexibility index (Phi) is 4.80. The van der Waals surface area contributed by atoms with E-state index >= 15 is 0 Å². The van der Waals surface area contributed by atoms with Gasteiger partial charge in [-0.25, -0.2) is 8.42 Å². The first-order valence-electron chi connectivity index (χ1n) is 7.89. The molecule has 1 N–H and O–H groups in total. The number of aromatic amines is 1. The van der Waals surface area contributed by atoms with Crippen LogP contribution in [0.1, 0.15) is 28.2 Å². The van der Waals surface area contributed by atoms with Gasteiger partial charge in [0.05, 0.1) is 5.56 Å². The zero-order valence-electron chi connectivity index (χ0n) is 13.8. The molecule has 1 fully saturated rings. The zero-order valence-corrected chi connectivity index (χ0v) is 15.4. The fourth-order valence-corrected chi connectivity index (χ4v) is 5.61. The normalized spacial score (nSPS) is 17.0. The monoisotopic (exact) mass is 367 g/mol. The van der Waals surface area contributed by atoms with Gasteiger partial charge in [0, 0.05) is 37.6 Å². The van der Waals surface area contributed by atoms with E-state index in [2.05, 4.69) is 4.98 Å². The molecule has 3 rings (SSSR count). The van der Waals surface area contributed by atoms with Crippen LogP contribution in [0.3, 0.4) is 0 Å². The minimum atomic E-state index is -3.45. The number of amides is 1. The second kappa shape index (κ2) is 6.70. The lowest BCUT2D eigenvalue weighted by Gasteiger charge is -2.21. The highest BCUT2D eigenvalue weighted by Gasteiger charge is 2.29. The minimum Gasteiger partial charge on any atom is -0.362 e. The van der Waals surface area contributed by atoms with Crippen LogP contribution in [0.15, 0.2) is 27.8 Å². The summed E-state index contributed by atoms with van der Waals surface area (Å²) in [6.45, 7) is 5.54. The standard InChI is InChI=1S/C16H21N3O3S2/c1-12-11-14(13(2)17-12)16(20)18-6-4-7-19(9-8-18)24(21,22)15-5-3-10-23-15/h3,5,10-11,17H,4,6-9H2,1-2H3. The molecule has 6 nitrogen and oxygen atoms in total. The van der Waals surface area contributed by atoms with Crippen molar-refractivity contribution in [1.82, 2.24) is 14.2 Å². The third-order valence-electron chi connectivity index (χ3n) is 4.21. The maximum atomic E-state index is 12.7. The van der Waals surface area contributed by atoms with Crippen molar-refractivity contribution in [2.45, 2.75) is 24.5 Å². The van der Waals surface area contributed by atoms with Gasteiger partial charge in [-0.3, -0.25) is 4.79 Å². The Hall–Kier alpha value is -1.64. The van der Waals surface area contributed by atoms with Crippen LogP contribution in [0.4, 0.5) is 0 Å². The van der Waals surface area contributed by atoms with Crippen LogP contribution in [0.5, 0.6) is 0 Å². The molecule has 2 aromatic rings. The van der Waals surface area contributed by atoms with Crippen LogP contribution < -0.4 is 0 Å². The van der Waals surface area contributed by atoms with Gasteiger partial charge >= 0.3 is 0 Å². The van der Waals surface area contributed by atoms with Gasteiger partial charge in [-0.05, 0) is 37.8 Å². The SMILES string of the molecule is Cc1cc(C(=O)N2CCCN(S(=O)(=O)c3cccs3)CC2)c(C)[nH]1. The molecule has 3 heterocycles. The molecule has 0 aromatic carbocycles. The van der Waals surface area contributed by atoms with Crippen molar-refractivity contribution >= 4 is 27.3 Å². The molecule has 1 aliphatic rings. The third-order valence-corrected chi connectivity index (χ3v) is 7.48. The van der Waals surface area contributed by atoms with Gasteiger partial charge in [-0.1, -0.05) is 6.07 Å². The second-order valence-electron chi connectivity index (χ2n) is 5.97. The molecule has 1 amide bonds. The van der Waals surface area contributed by atoms with Crippen molar-refractivity contribution in [2.24, 2.45) is 0 Å². The number of hydrogen-bond acceptors (Lipinski definition) is 4. The van der Waals surface area contributed by atoms with Gasteiger partial charge < -0.3 is 9.88 Å². The summed E-state index contributed by atoms with van der Waals surface area (Å²) < 4.78 is 27.1. The van der Waals surface area contributed by atoms with Crippen molar-refractivity contribution in [3.05, 3.63) is 40.5 Å². The van der Waals surface area contributed by atoms with Crippen LogP contribution >= 0.6 is 11.3 Å². The lowest BCUT2D eigenvalue weighted by Crippen LogP contribution is -2.37. The van der Waals surface area contributed by atoms with Gasteiger partial charge in [0.1, 0.15) is 4.21 Å². The average Bonchev–Trinajstić information content (AvgIpc) is 3.10. The van der Waals surface area contributed by atoms with E-state index in [-0.39, 0.29) is 5.91 Å². The first-order valence-corrected chi connectivity index (χ1v) is 10.2. The van der Waals surface area contributed by atoms with E-state index in [1.807, 2.05) is 19.9 Å². The summed E-state index contributed by atoms with van der Waals surface area (Å²) in [6, 6.07) is 5.21. The Balaban J connectivity index is 1.74. The highest BCUT2D eigenvalue weighted by molar-refractivity contribution is 7.91. The molecule has 0 aliphatic carbocycles. The third kappa shape index (κ3) is 3.26. The fourth-order valence-electron chi connectivity index (χ4n) is 2.99. The van der Waals surface area contributed by atoms with E-state index < -0.39 is 10.0 Å². The largest absolute Gasteiger partial charge is 0.362 e. The summed E-state index contributed by atoms with van der Waals surface area (Å²) in [4.78, 5) is 17.6. The Bertz CT molecular complexity index is 825. The topological polar surface area (TPSA) is 73.5 Å². The van der Waals surface area contributed by atoms with Crippen LogP contribution in [0, 0.1) is 13.8 Å². The molecule has 1 saturated heterocycles. The van der Waals surface area contributed by atoms with Crippen LogP contribution in [-0.2, 0) is 10.0 Å². The predicted octanol–water partition coefficient (Wildman–Crippen LogP) is 2.23. The Morgan fingerprint density at radius 2 is 2.00 bits per heavy atom. The highest BCUT2D eigenvalue weighted by atomic mass is 32.2.